The topological polar surface area (TPSA) is 146 Å². The number of carbonyl (C=O) groups is 2. The number of likely N-dealkylation sites (tertiary alicyclic amines) is 1. The number of nitrogens with zero attached hydrogens (tertiary/aromatic N) is 6. The van der Waals surface area contributed by atoms with Gasteiger partial charge in [-0.15, -0.1) is 0 Å². The molecule has 0 aliphatic carbocycles. The minimum Gasteiger partial charge on any atom is -0.480 e. The lowest BCUT2D eigenvalue weighted by Crippen LogP contribution is -2.59. The fraction of sp³-hybridized carbons (Fsp3) is 0.346. The minimum absolute atomic E-state index is 0.00553. The van der Waals surface area contributed by atoms with Gasteiger partial charge in [-0.1, -0.05) is 6.07 Å². The van der Waals surface area contributed by atoms with Gasteiger partial charge >= 0.3 is 0 Å². The Bertz CT molecular complexity index is 1600. The number of aromatic nitrogens is 3. The van der Waals surface area contributed by atoms with Gasteiger partial charge in [0.25, 0.3) is 15.9 Å². The van der Waals surface area contributed by atoms with Crippen LogP contribution in [0.5, 0.6) is 5.88 Å². The molecule has 1 unspecified atom stereocenters. The molecule has 1 saturated heterocycles. The number of pyridine rings is 1. The van der Waals surface area contributed by atoms with Gasteiger partial charge in [0.2, 0.25) is 11.8 Å². The molecule has 4 heterocycles. The number of fused-ring (bicyclic) bond motifs is 1. The summed E-state index contributed by atoms with van der Waals surface area (Å²) in [6.45, 7) is 1.66. The molecule has 0 radical (unpaired) electrons. The lowest BCUT2D eigenvalue weighted by atomic mass is 9.84. The molecule has 3 atom stereocenters. The molecule has 2 aliphatic heterocycles. The van der Waals surface area contributed by atoms with E-state index in [0.717, 1.165) is 5.56 Å². The van der Waals surface area contributed by atoms with Gasteiger partial charge in [0.1, 0.15) is 5.69 Å². The molecule has 3 aromatic rings. The van der Waals surface area contributed by atoms with Crippen molar-refractivity contribution >= 4 is 50.1 Å². The number of hydrogen-bond acceptors (Lipinski definition) is 10. The van der Waals surface area contributed by atoms with Crippen molar-refractivity contribution in [1.82, 2.24) is 24.8 Å². The molecule has 0 bridgehead atoms. The maximum Gasteiger partial charge on any atom is 0.288 e. The number of amides is 2. The first-order valence-electron chi connectivity index (χ1n) is 12.3. The van der Waals surface area contributed by atoms with E-state index in [0.29, 0.717) is 7.88 Å². The molecule has 5 rings (SSSR count). The number of hydrogen-bond donors (Lipinski definition) is 1. The van der Waals surface area contributed by atoms with Crippen LogP contribution in [0.3, 0.4) is 0 Å². The molecule has 14 heteroatoms. The number of aryl methyl sites for hydroxylation is 1. The van der Waals surface area contributed by atoms with Gasteiger partial charge in [-0.25, -0.2) is 9.97 Å². The molecule has 1 fully saturated rings. The minimum atomic E-state index is -4.53. The molecule has 2 aliphatic rings. The maximum atomic E-state index is 14.9. The Morgan fingerprint density at radius 1 is 1.18 bits per heavy atom. The Morgan fingerprint density at radius 2 is 1.90 bits per heavy atom. The van der Waals surface area contributed by atoms with Gasteiger partial charge in [-0.2, -0.15) is 12.7 Å². The zero-order valence-corrected chi connectivity index (χ0v) is 25.1. The molecular weight excluding hydrogens is 651 g/mol. The van der Waals surface area contributed by atoms with E-state index in [1.165, 1.54) is 41.6 Å². The molecule has 210 valence electrons. The van der Waals surface area contributed by atoms with E-state index in [4.69, 9.17) is 4.74 Å². The van der Waals surface area contributed by atoms with Crippen molar-refractivity contribution < 1.29 is 27.9 Å². The van der Waals surface area contributed by atoms with Crippen molar-refractivity contribution in [2.45, 2.75) is 36.1 Å². The van der Waals surface area contributed by atoms with Crippen LogP contribution in [0.4, 0.5) is 5.69 Å². The number of anilines is 1. The lowest BCUT2D eigenvalue weighted by Gasteiger charge is -2.40. The summed E-state index contributed by atoms with van der Waals surface area (Å²) in [6.07, 6.45) is 3.21. The highest BCUT2D eigenvalue weighted by Crippen LogP contribution is 2.53. The van der Waals surface area contributed by atoms with Crippen molar-refractivity contribution in [1.29, 1.82) is 0 Å². The summed E-state index contributed by atoms with van der Waals surface area (Å²) in [5.41, 5.74) is -0.883. The van der Waals surface area contributed by atoms with Crippen LogP contribution in [0.15, 0.2) is 53.9 Å². The van der Waals surface area contributed by atoms with E-state index in [2.05, 4.69) is 37.5 Å². The zero-order valence-electron chi connectivity index (χ0n) is 22.1. The van der Waals surface area contributed by atoms with Gasteiger partial charge in [-0.3, -0.25) is 19.5 Å². The number of likely N-dealkylation sites (N-methyl/N-ethyl adjacent to an activating group) is 1. The van der Waals surface area contributed by atoms with Crippen molar-refractivity contribution in [3.05, 3.63) is 69.3 Å². The number of sulfonamides is 1. The molecule has 1 aromatic carbocycles. The van der Waals surface area contributed by atoms with Crippen molar-refractivity contribution in [3.8, 4) is 5.88 Å². The Labute approximate surface area is 245 Å². The molecule has 12 nitrogen and oxygen atoms in total. The second kappa shape index (κ2) is 10.3. The highest BCUT2D eigenvalue weighted by atomic mass is 127. The molecule has 0 spiro atoms. The van der Waals surface area contributed by atoms with Crippen LogP contribution in [0.25, 0.3) is 0 Å². The first kappa shape index (κ1) is 28.3. The summed E-state index contributed by atoms with van der Waals surface area (Å²) in [4.78, 5) is 44.1. The van der Waals surface area contributed by atoms with Crippen LogP contribution in [-0.2, 0) is 25.2 Å². The fourth-order valence-electron chi connectivity index (χ4n) is 5.37. The third-order valence-corrected chi connectivity index (χ3v) is 9.37. The predicted octanol–water partition coefficient (Wildman–Crippen LogP) is 1.30. The van der Waals surface area contributed by atoms with Crippen LogP contribution in [0.1, 0.15) is 23.2 Å². The number of ether oxygens (including phenoxy) is 1. The Balaban J connectivity index is 1.86. The summed E-state index contributed by atoms with van der Waals surface area (Å²) >= 11 is 2.07. The van der Waals surface area contributed by atoms with Crippen molar-refractivity contribution in [2.75, 3.05) is 32.1 Å². The highest BCUT2D eigenvalue weighted by molar-refractivity contribution is 14.1. The second-order valence-electron chi connectivity index (χ2n) is 9.82. The molecular formula is C26H27IN6O6S. The summed E-state index contributed by atoms with van der Waals surface area (Å²) in [6, 6.07) is 6.86. The van der Waals surface area contributed by atoms with E-state index in [-0.39, 0.29) is 46.7 Å². The normalized spacial score (nSPS) is 22.9. The average Bonchev–Trinajstić information content (AvgIpc) is 3.43. The van der Waals surface area contributed by atoms with Crippen LogP contribution in [0, 0.1) is 10.5 Å². The Morgan fingerprint density at radius 3 is 2.55 bits per heavy atom. The standard InChI is InChI=1S/C26H27IN6O6S/c1-15-5-8-21(30-13-15)40(37,38)33-19-7-6-16(27)11-18(19)26(25(33)36,22-23(39-4)29-10-9-28-22)32-14-17(34)12-20(32)24(35)31(2)3/h5-11,13,17,20,34H,12,14H2,1-4H3/t17-,20+,26?/m1/s1. The van der Waals surface area contributed by atoms with E-state index >= 15 is 0 Å². The highest BCUT2D eigenvalue weighted by Gasteiger charge is 2.65. The summed E-state index contributed by atoms with van der Waals surface area (Å²) in [5, 5.41) is 10.5. The average molecular weight is 679 g/mol. The summed E-state index contributed by atoms with van der Waals surface area (Å²) < 4.78 is 35.2. The number of rotatable bonds is 6. The van der Waals surface area contributed by atoms with Gasteiger partial charge < -0.3 is 14.7 Å². The lowest BCUT2D eigenvalue weighted by molar-refractivity contribution is -0.138. The van der Waals surface area contributed by atoms with Gasteiger partial charge in [0, 0.05) is 48.4 Å². The Hall–Kier alpha value is -3.21. The third-order valence-electron chi connectivity index (χ3n) is 7.09. The van der Waals surface area contributed by atoms with Crippen LogP contribution >= 0.6 is 22.6 Å². The zero-order chi connectivity index (χ0) is 29.0. The van der Waals surface area contributed by atoms with Crippen LogP contribution < -0.4 is 9.04 Å². The fourth-order valence-corrected chi connectivity index (χ4v) is 7.24. The second-order valence-corrected chi connectivity index (χ2v) is 12.8. The third kappa shape index (κ3) is 4.24. The quantitative estimate of drug-likeness (QED) is 0.379. The number of aliphatic hydroxyl groups is 1. The maximum absolute atomic E-state index is 14.9. The summed E-state index contributed by atoms with van der Waals surface area (Å²) in [5.74, 6) is -1.29. The summed E-state index contributed by atoms with van der Waals surface area (Å²) in [7, 11) is -0.0118. The van der Waals surface area contributed by atoms with E-state index in [1.807, 2.05) is 0 Å². The van der Waals surface area contributed by atoms with Gasteiger partial charge in [0.15, 0.2) is 10.6 Å². The number of benzene rings is 1. The van der Waals surface area contributed by atoms with E-state index in [9.17, 15) is 23.1 Å². The molecule has 0 saturated carbocycles. The number of β-amino-alcohol motifs (C(OH)–C–C–N with tert-alkyl or cyclic N) is 1. The molecule has 40 heavy (non-hydrogen) atoms. The van der Waals surface area contributed by atoms with Crippen molar-refractivity contribution in [2.24, 2.45) is 0 Å². The predicted molar refractivity (Wildman–Crippen MR) is 152 cm³/mol. The van der Waals surface area contributed by atoms with Crippen LogP contribution in [-0.4, -0.2) is 90.0 Å². The number of methoxy groups -OCH3 is 1. The first-order chi connectivity index (χ1) is 18.9. The molecule has 2 aromatic heterocycles. The number of aliphatic hydroxyl groups excluding tert-OH is 1. The number of halogens is 1. The molecule has 2 amide bonds. The Kier molecular flexibility index (Phi) is 7.31. The van der Waals surface area contributed by atoms with E-state index < -0.39 is 33.6 Å². The largest absolute Gasteiger partial charge is 0.480 e. The smallest absolute Gasteiger partial charge is 0.288 e. The van der Waals surface area contributed by atoms with Gasteiger partial charge in [0.05, 0.1) is 24.9 Å². The molecule has 1 N–H and O–H groups in total. The monoisotopic (exact) mass is 678 g/mol. The van der Waals surface area contributed by atoms with E-state index in [1.54, 1.807) is 45.3 Å². The SMILES string of the molecule is COc1nccnc1C1(N2C[C@H](O)C[C@H]2C(=O)N(C)C)C(=O)N(S(=O)(=O)c2ccc(C)cn2)c2ccc(I)cc21. The first-order valence-corrected chi connectivity index (χ1v) is 14.8. The van der Waals surface area contributed by atoms with Crippen molar-refractivity contribution in [3.63, 3.8) is 0 Å². The van der Waals surface area contributed by atoms with Gasteiger partial charge in [-0.05, 0) is 65.8 Å². The number of carbonyl (C=O) groups excluding carboxylic acids is 2. The van der Waals surface area contributed by atoms with Crippen LogP contribution in [0.2, 0.25) is 0 Å².